The van der Waals surface area contributed by atoms with Crippen LogP contribution < -0.4 is 0 Å². The third-order valence-electron chi connectivity index (χ3n) is 3.47. The van der Waals surface area contributed by atoms with Crippen LogP contribution in [0.15, 0.2) is 11.6 Å². The third-order valence-corrected chi connectivity index (χ3v) is 3.47. The van der Waals surface area contributed by atoms with E-state index in [9.17, 15) is 9.90 Å². The smallest absolute Gasteiger partial charge is 0.155 e. The molecule has 0 radical (unpaired) electrons. The lowest BCUT2D eigenvalue weighted by Crippen LogP contribution is -2.34. The lowest BCUT2D eigenvalue weighted by Gasteiger charge is -2.41. The van der Waals surface area contributed by atoms with Crippen LogP contribution in [-0.2, 0) is 4.79 Å². The Kier molecular flexibility index (Phi) is 2.03. The van der Waals surface area contributed by atoms with E-state index >= 15 is 0 Å². The van der Waals surface area contributed by atoms with Gasteiger partial charge in [0, 0.05) is 6.42 Å². The predicted octanol–water partition coefficient (Wildman–Crippen LogP) is 1.83. The van der Waals surface area contributed by atoms with Gasteiger partial charge < -0.3 is 5.11 Å². The largest absolute Gasteiger partial charge is 0.393 e. The number of ketones is 1. The molecular formula is C11H16O2. The molecule has 0 aromatic heterocycles. The van der Waals surface area contributed by atoms with Crippen molar-refractivity contribution in [1.29, 1.82) is 0 Å². The first-order valence-electron chi connectivity index (χ1n) is 5.02. The highest BCUT2D eigenvalue weighted by Crippen LogP contribution is 2.46. The molecule has 0 unspecified atom stereocenters. The molecule has 1 N–H and O–H groups in total. The molecule has 1 saturated carbocycles. The van der Waals surface area contributed by atoms with E-state index in [0.717, 1.165) is 25.7 Å². The zero-order valence-electron chi connectivity index (χ0n) is 8.05. The second-order valence-corrected chi connectivity index (χ2v) is 4.59. The van der Waals surface area contributed by atoms with Crippen molar-refractivity contribution in [3.63, 3.8) is 0 Å². The topological polar surface area (TPSA) is 37.3 Å². The van der Waals surface area contributed by atoms with Gasteiger partial charge in [0.25, 0.3) is 0 Å². The van der Waals surface area contributed by atoms with Crippen LogP contribution in [0.4, 0.5) is 0 Å². The summed E-state index contributed by atoms with van der Waals surface area (Å²) in [5.74, 6) is 0.267. The molecule has 13 heavy (non-hydrogen) atoms. The molecule has 0 amide bonds. The molecule has 2 nitrogen and oxygen atoms in total. The Morgan fingerprint density at radius 1 is 1.54 bits per heavy atom. The van der Waals surface area contributed by atoms with E-state index in [1.54, 1.807) is 0 Å². The van der Waals surface area contributed by atoms with E-state index in [4.69, 9.17) is 0 Å². The number of carbonyl (C=O) groups excluding carboxylic acids is 1. The number of aliphatic hydroxyl groups excluding tert-OH is 1. The first kappa shape index (κ1) is 8.95. The molecule has 2 aliphatic rings. The number of hydrogen-bond donors (Lipinski definition) is 1. The molecule has 1 fully saturated rings. The lowest BCUT2D eigenvalue weighted by atomic mass is 9.65. The Morgan fingerprint density at radius 3 is 3.08 bits per heavy atom. The number of fused-ring (bicyclic) bond motifs is 1. The first-order chi connectivity index (χ1) is 6.10. The summed E-state index contributed by atoms with van der Waals surface area (Å²) in [5, 5.41) is 9.57. The maximum absolute atomic E-state index is 11.2. The van der Waals surface area contributed by atoms with E-state index in [1.807, 2.05) is 6.08 Å². The van der Waals surface area contributed by atoms with Crippen LogP contribution in [0.2, 0.25) is 0 Å². The number of aliphatic hydroxyl groups is 1. The van der Waals surface area contributed by atoms with Crippen molar-refractivity contribution in [3.8, 4) is 0 Å². The fraction of sp³-hybridized carbons (Fsp3) is 0.727. The Balaban J connectivity index is 2.26. The summed E-state index contributed by atoms with van der Waals surface area (Å²) >= 11 is 0. The van der Waals surface area contributed by atoms with Gasteiger partial charge in [-0.3, -0.25) is 4.79 Å². The zero-order valence-corrected chi connectivity index (χ0v) is 8.05. The minimum atomic E-state index is -0.157. The highest BCUT2D eigenvalue weighted by molar-refractivity contribution is 5.91. The quantitative estimate of drug-likeness (QED) is 0.617. The van der Waals surface area contributed by atoms with Crippen molar-refractivity contribution < 1.29 is 9.90 Å². The summed E-state index contributed by atoms with van der Waals surface area (Å²) in [6, 6.07) is 0. The van der Waals surface area contributed by atoms with Gasteiger partial charge in [-0.25, -0.2) is 0 Å². The molecule has 72 valence electrons. The maximum Gasteiger partial charge on any atom is 0.155 e. The molecular weight excluding hydrogens is 164 g/mol. The second-order valence-electron chi connectivity index (χ2n) is 4.59. The van der Waals surface area contributed by atoms with E-state index in [1.165, 1.54) is 5.57 Å². The van der Waals surface area contributed by atoms with Crippen molar-refractivity contribution >= 4 is 5.78 Å². The standard InChI is InChI=1S/C11H16O2/c1-11-5-4-9(12)6-8(11)2-3-10(13)7-11/h6,10,13H,2-5,7H2,1H3/t10-,11+/m1/s1. The van der Waals surface area contributed by atoms with Crippen molar-refractivity contribution in [2.24, 2.45) is 5.41 Å². The molecule has 2 rings (SSSR count). The van der Waals surface area contributed by atoms with E-state index in [0.29, 0.717) is 6.42 Å². The van der Waals surface area contributed by atoms with Crippen LogP contribution in [0.25, 0.3) is 0 Å². The average Bonchev–Trinajstić information content (AvgIpc) is 2.06. The van der Waals surface area contributed by atoms with Gasteiger partial charge in [0.1, 0.15) is 0 Å². The van der Waals surface area contributed by atoms with Crippen LogP contribution in [0.5, 0.6) is 0 Å². The number of carbonyl (C=O) groups is 1. The minimum absolute atomic E-state index is 0.117. The molecule has 2 aliphatic carbocycles. The van der Waals surface area contributed by atoms with Crippen LogP contribution in [0.3, 0.4) is 0 Å². The van der Waals surface area contributed by atoms with Gasteiger partial charge in [-0.2, -0.15) is 0 Å². The van der Waals surface area contributed by atoms with Gasteiger partial charge in [0.2, 0.25) is 0 Å². The van der Waals surface area contributed by atoms with Gasteiger partial charge in [-0.05, 0) is 37.2 Å². The van der Waals surface area contributed by atoms with Crippen LogP contribution in [0, 0.1) is 5.41 Å². The summed E-state index contributed by atoms with van der Waals surface area (Å²) in [5.41, 5.74) is 1.39. The molecule has 0 aromatic carbocycles. The fourth-order valence-corrected chi connectivity index (χ4v) is 2.55. The first-order valence-corrected chi connectivity index (χ1v) is 5.02. The average molecular weight is 180 g/mol. The van der Waals surface area contributed by atoms with Crippen LogP contribution >= 0.6 is 0 Å². The van der Waals surface area contributed by atoms with Crippen molar-refractivity contribution in [2.45, 2.75) is 45.1 Å². The molecule has 0 saturated heterocycles. The van der Waals surface area contributed by atoms with E-state index < -0.39 is 0 Å². The summed E-state index contributed by atoms with van der Waals surface area (Å²) in [7, 11) is 0. The van der Waals surface area contributed by atoms with Gasteiger partial charge in [-0.15, -0.1) is 0 Å². The Hall–Kier alpha value is -0.630. The highest BCUT2D eigenvalue weighted by Gasteiger charge is 2.37. The normalized spacial score (nSPS) is 39.7. The molecule has 0 aromatic rings. The van der Waals surface area contributed by atoms with Crippen molar-refractivity contribution in [1.82, 2.24) is 0 Å². The summed E-state index contributed by atoms with van der Waals surface area (Å²) < 4.78 is 0. The van der Waals surface area contributed by atoms with Gasteiger partial charge in [0.05, 0.1) is 6.10 Å². The molecule has 0 heterocycles. The monoisotopic (exact) mass is 180 g/mol. The maximum atomic E-state index is 11.2. The molecule has 0 aliphatic heterocycles. The number of rotatable bonds is 0. The summed E-state index contributed by atoms with van der Waals surface area (Å²) in [6.07, 6.45) is 5.82. The zero-order chi connectivity index (χ0) is 9.47. The van der Waals surface area contributed by atoms with Gasteiger partial charge in [0.15, 0.2) is 5.78 Å². The summed E-state index contributed by atoms with van der Waals surface area (Å²) in [4.78, 5) is 11.2. The fourth-order valence-electron chi connectivity index (χ4n) is 2.55. The van der Waals surface area contributed by atoms with E-state index in [-0.39, 0.29) is 17.3 Å². The van der Waals surface area contributed by atoms with Crippen LogP contribution in [0.1, 0.15) is 39.0 Å². The molecule has 2 atom stereocenters. The molecule has 2 heteroatoms. The molecule has 0 bridgehead atoms. The third kappa shape index (κ3) is 1.55. The number of allylic oxidation sites excluding steroid dienone is 2. The summed E-state index contributed by atoms with van der Waals surface area (Å²) in [6.45, 7) is 2.17. The Bertz CT molecular complexity index is 267. The Labute approximate surface area is 78.6 Å². The van der Waals surface area contributed by atoms with Crippen molar-refractivity contribution in [3.05, 3.63) is 11.6 Å². The van der Waals surface area contributed by atoms with Gasteiger partial charge in [-0.1, -0.05) is 12.5 Å². The predicted molar refractivity (Wildman–Crippen MR) is 50.3 cm³/mol. The van der Waals surface area contributed by atoms with Crippen molar-refractivity contribution in [2.75, 3.05) is 0 Å². The molecule has 0 spiro atoms. The lowest BCUT2D eigenvalue weighted by molar-refractivity contribution is -0.116. The van der Waals surface area contributed by atoms with E-state index in [2.05, 4.69) is 6.92 Å². The second kappa shape index (κ2) is 2.95. The Morgan fingerprint density at radius 2 is 2.31 bits per heavy atom. The van der Waals surface area contributed by atoms with Crippen LogP contribution in [-0.4, -0.2) is 17.0 Å². The highest BCUT2D eigenvalue weighted by atomic mass is 16.3. The SMILES string of the molecule is C[C@@]12CCC(=O)C=C1CC[C@@H](O)C2. The number of hydrogen-bond acceptors (Lipinski definition) is 2. The minimum Gasteiger partial charge on any atom is -0.393 e. The van der Waals surface area contributed by atoms with Gasteiger partial charge >= 0.3 is 0 Å².